The molecule has 3 aliphatic heterocycles. The maximum atomic E-state index is 12.9. The van der Waals surface area contributed by atoms with E-state index < -0.39 is 0 Å². The predicted octanol–water partition coefficient (Wildman–Crippen LogP) is 1.36. The molecule has 170 valence electrons. The van der Waals surface area contributed by atoms with Gasteiger partial charge in [-0.15, -0.1) is 0 Å². The van der Waals surface area contributed by atoms with Crippen molar-refractivity contribution in [2.75, 3.05) is 66.5 Å². The van der Waals surface area contributed by atoms with Crippen molar-refractivity contribution in [3.05, 3.63) is 35.9 Å². The third-order valence-electron chi connectivity index (χ3n) is 7.20. The SMILES string of the molecule is COC(=O)CN1CCN(C2C[N+](C)(C3CCN(Cc4ccccc4)CC3)C(=O)O2)CC1. The van der Waals surface area contributed by atoms with E-state index in [1.807, 2.05) is 7.05 Å². The molecule has 0 N–H and O–H groups in total. The van der Waals surface area contributed by atoms with Crippen molar-refractivity contribution in [3.8, 4) is 0 Å². The minimum Gasteiger partial charge on any atom is -0.468 e. The lowest BCUT2D eigenvalue weighted by atomic mass is 10.0. The number of quaternary nitrogens is 1. The molecule has 4 rings (SSSR count). The highest BCUT2D eigenvalue weighted by Crippen LogP contribution is 2.31. The van der Waals surface area contributed by atoms with Crippen LogP contribution < -0.4 is 0 Å². The number of likely N-dealkylation sites (tertiary alicyclic amines) is 1. The quantitative estimate of drug-likeness (QED) is 0.498. The van der Waals surface area contributed by atoms with Crippen molar-refractivity contribution in [1.29, 1.82) is 0 Å². The molecule has 1 aromatic rings. The minimum atomic E-state index is -0.205. The lowest BCUT2D eigenvalue weighted by Gasteiger charge is -2.39. The molecule has 0 saturated carbocycles. The number of carbonyl (C=O) groups excluding carboxylic acids is 2. The smallest absolute Gasteiger partial charge is 0.468 e. The number of cyclic esters (lactones) is 1. The Morgan fingerprint density at radius 1 is 1.06 bits per heavy atom. The summed E-state index contributed by atoms with van der Waals surface area (Å²) in [5, 5.41) is 0. The van der Waals surface area contributed by atoms with Gasteiger partial charge in [0.25, 0.3) is 0 Å². The van der Waals surface area contributed by atoms with E-state index in [0.717, 1.165) is 58.7 Å². The van der Waals surface area contributed by atoms with Crippen molar-refractivity contribution in [3.63, 3.8) is 0 Å². The number of hydrogen-bond acceptors (Lipinski definition) is 7. The zero-order valence-corrected chi connectivity index (χ0v) is 18.7. The molecular weight excluding hydrogens is 396 g/mol. The van der Waals surface area contributed by atoms with Crippen molar-refractivity contribution in [1.82, 2.24) is 14.7 Å². The molecule has 0 spiro atoms. The fourth-order valence-corrected chi connectivity index (χ4v) is 5.11. The number of ether oxygens (including phenoxy) is 2. The predicted molar refractivity (Wildman–Crippen MR) is 116 cm³/mol. The summed E-state index contributed by atoms with van der Waals surface area (Å²) in [6.45, 7) is 7.18. The number of piperazine rings is 1. The van der Waals surface area contributed by atoms with Gasteiger partial charge in [-0.1, -0.05) is 30.3 Å². The van der Waals surface area contributed by atoms with Gasteiger partial charge in [-0.2, -0.15) is 4.79 Å². The zero-order valence-electron chi connectivity index (χ0n) is 18.7. The number of amides is 1. The van der Waals surface area contributed by atoms with Crippen LogP contribution in [0.3, 0.4) is 0 Å². The normalized spacial score (nSPS) is 29.1. The van der Waals surface area contributed by atoms with Gasteiger partial charge in [0.2, 0.25) is 6.23 Å². The number of carbonyl (C=O) groups is 2. The lowest BCUT2D eigenvalue weighted by molar-refractivity contribution is -0.852. The molecule has 31 heavy (non-hydrogen) atoms. The highest BCUT2D eigenvalue weighted by molar-refractivity contribution is 5.71. The Morgan fingerprint density at radius 3 is 2.39 bits per heavy atom. The van der Waals surface area contributed by atoms with Crippen molar-refractivity contribution in [2.45, 2.75) is 31.7 Å². The highest BCUT2D eigenvalue weighted by atomic mass is 16.6. The first-order valence-corrected chi connectivity index (χ1v) is 11.3. The van der Waals surface area contributed by atoms with Crippen molar-refractivity contribution < 1.29 is 23.5 Å². The molecule has 2 unspecified atom stereocenters. The van der Waals surface area contributed by atoms with Gasteiger partial charge in [0.15, 0.2) is 0 Å². The molecule has 0 bridgehead atoms. The van der Waals surface area contributed by atoms with Crippen LogP contribution in [-0.2, 0) is 20.8 Å². The Labute approximate surface area is 184 Å². The third-order valence-corrected chi connectivity index (χ3v) is 7.20. The number of hydrogen-bond donors (Lipinski definition) is 0. The number of likely N-dealkylation sites (N-methyl/N-ethyl adjacent to an activating group) is 1. The zero-order chi connectivity index (χ0) is 21.8. The highest BCUT2D eigenvalue weighted by Gasteiger charge is 2.53. The van der Waals surface area contributed by atoms with Crippen LogP contribution in [0.5, 0.6) is 0 Å². The molecule has 1 amide bonds. The van der Waals surface area contributed by atoms with Gasteiger partial charge in [-0.05, 0) is 5.56 Å². The van der Waals surface area contributed by atoms with E-state index in [1.54, 1.807) is 0 Å². The summed E-state index contributed by atoms with van der Waals surface area (Å²) in [4.78, 5) is 31.2. The fourth-order valence-electron chi connectivity index (χ4n) is 5.11. The Morgan fingerprint density at radius 2 is 1.74 bits per heavy atom. The van der Waals surface area contributed by atoms with E-state index in [1.165, 1.54) is 12.7 Å². The molecule has 8 heteroatoms. The molecule has 3 fully saturated rings. The first kappa shape index (κ1) is 22.2. The van der Waals surface area contributed by atoms with E-state index in [2.05, 4.69) is 45.0 Å². The van der Waals surface area contributed by atoms with Gasteiger partial charge >= 0.3 is 12.1 Å². The number of methoxy groups -OCH3 is 1. The fraction of sp³-hybridized carbons (Fsp3) is 0.652. The van der Waals surface area contributed by atoms with Crippen LogP contribution in [0.2, 0.25) is 0 Å². The maximum Gasteiger partial charge on any atom is 0.517 e. The van der Waals surface area contributed by atoms with E-state index in [4.69, 9.17) is 9.47 Å². The molecule has 1 aromatic carbocycles. The topological polar surface area (TPSA) is 62.3 Å². The number of benzene rings is 1. The van der Waals surface area contributed by atoms with Crippen molar-refractivity contribution in [2.24, 2.45) is 0 Å². The monoisotopic (exact) mass is 431 g/mol. The van der Waals surface area contributed by atoms with Crippen LogP contribution in [0.1, 0.15) is 18.4 Å². The summed E-state index contributed by atoms with van der Waals surface area (Å²) >= 11 is 0. The van der Waals surface area contributed by atoms with Crippen LogP contribution >= 0.6 is 0 Å². The summed E-state index contributed by atoms with van der Waals surface area (Å²) in [5.41, 5.74) is 1.34. The van der Waals surface area contributed by atoms with Gasteiger partial charge < -0.3 is 9.47 Å². The molecule has 0 aromatic heterocycles. The van der Waals surface area contributed by atoms with Gasteiger partial charge in [-0.25, -0.2) is 4.48 Å². The summed E-state index contributed by atoms with van der Waals surface area (Å²) in [7, 11) is 3.47. The standard InChI is InChI=1S/C23H35N4O4/c1-27(20-8-10-24(11-9-20)16-19-6-4-3-5-7-19)18-21(31-23(27)29)26-14-12-25(13-15-26)17-22(28)30-2/h3-7,20-21H,8-18H2,1-2H3/q+1. The Kier molecular flexibility index (Phi) is 6.91. The molecule has 3 saturated heterocycles. The molecule has 8 nitrogen and oxygen atoms in total. The lowest BCUT2D eigenvalue weighted by Crippen LogP contribution is -2.58. The maximum absolute atomic E-state index is 12.9. The summed E-state index contributed by atoms with van der Waals surface area (Å²) in [6.07, 6.45) is 1.76. The van der Waals surface area contributed by atoms with E-state index >= 15 is 0 Å². The third kappa shape index (κ3) is 5.09. The van der Waals surface area contributed by atoms with Crippen LogP contribution in [0.4, 0.5) is 4.79 Å². The first-order chi connectivity index (χ1) is 15.0. The Balaban J connectivity index is 1.27. The Bertz CT molecular complexity index is 760. The van der Waals surface area contributed by atoms with Gasteiger partial charge in [0.05, 0.1) is 20.7 Å². The van der Waals surface area contributed by atoms with Crippen LogP contribution in [0.15, 0.2) is 30.3 Å². The van der Waals surface area contributed by atoms with Crippen molar-refractivity contribution >= 4 is 12.1 Å². The van der Waals surface area contributed by atoms with E-state index in [0.29, 0.717) is 23.6 Å². The van der Waals surface area contributed by atoms with Crippen LogP contribution in [0, 0.1) is 0 Å². The molecule has 0 aliphatic carbocycles. The van der Waals surface area contributed by atoms with Gasteiger partial charge in [0, 0.05) is 58.7 Å². The van der Waals surface area contributed by atoms with Crippen LogP contribution in [0.25, 0.3) is 0 Å². The van der Waals surface area contributed by atoms with Crippen LogP contribution in [-0.4, -0.2) is 110 Å². The van der Waals surface area contributed by atoms with E-state index in [9.17, 15) is 9.59 Å². The molecule has 3 heterocycles. The molecule has 0 radical (unpaired) electrons. The Hall–Kier alpha value is -2.00. The second-order valence-electron chi connectivity index (χ2n) is 9.17. The second kappa shape index (κ2) is 9.65. The number of nitrogens with zero attached hydrogens (tertiary/aromatic N) is 4. The number of piperidine rings is 1. The molecule has 2 atom stereocenters. The second-order valence-corrected chi connectivity index (χ2v) is 9.17. The van der Waals surface area contributed by atoms with Gasteiger partial charge in [0.1, 0.15) is 12.6 Å². The first-order valence-electron chi connectivity index (χ1n) is 11.3. The largest absolute Gasteiger partial charge is 0.517 e. The number of esters is 1. The summed E-state index contributed by atoms with van der Waals surface area (Å²) in [5.74, 6) is -0.205. The molecular formula is C23H35N4O4+. The average molecular weight is 432 g/mol. The van der Waals surface area contributed by atoms with Gasteiger partial charge in [-0.3, -0.25) is 19.5 Å². The average Bonchev–Trinajstić information content (AvgIpc) is 3.11. The summed E-state index contributed by atoms with van der Waals surface area (Å²) in [6, 6.07) is 10.9. The molecule has 3 aliphatic rings. The summed E-state index contributed by atoms with van der Waals surface area (Å²) < 4.78 is 11.0. The number of rotatable bonds is 6. The minimum absolute atomic E-state index is 0.0940. The van der Waals surface area contributed by atoms with E-state index in [-0.39, 0.29) is 18.3 Å².